The molecule has 7 aromatic carbocycles. The normalized spacial score (nSPS) is 12.9. The molecule has 0 saturated carbocycles. The summed E-state index contributed by atoms with van der Waals surface area (Å²) in [6, 6.07) is 69.6. The summed E-state index contributed by atoms with van der Waals surface area (Å²) in [6.45, 7) is 0. The molecular weight excluding hydrogens is 667 g/mol. The van der Waals surface area contributed by atoms with Gasteiger partial charge in [0.15, 0.2) is 5.82 Å². The number of nitrogens with zero attached hydrogens (tertiary/aromatic N) is 3. The van der Waals surface area contributed by atoms with Crippen LogP contribution < -0.4 is 0 Å². The maximum Gasteiger partial charge on any atom is 0.160 e. The molecule has 11 rings (SSSR count). The Labute approximate surface area is 320 Å². The van der Waals surface area contributed by atoms with Crippen molar-refractivity contribution in [2.45, 2.75) is 5.41 Å². The van der Waals surface area contributed by atoms with Gasteiger partial charge in [-0.25, -0.2) is 9.97 Å². The number of aromatic nitrogens is 3. The van der Waals surface area contributed by atoms with Crippen LogP contribution in [0.1, 0.15) is 22.3 Å². The molecule has 2 aromatic heterocycles. The molecule has 0 fully saturated rings. The molecule has 9 aromatic rings. The number of pyridine rings is 1. The van der Waals surface area contributed by atoms with Crippen molar-refractivity contribution in [2.75, 3.05) is 0 Å². The summed E-state index contributed by atoms with van der Waals surface area (Å²) < 4.78 is 0. The molecule has 1 spiro atoms. The minimum absolute atomic E-state index is 0.386. The van der Waals surface area contributed by atoms with Gasteiger partial charge in [-0.3, -0.25) is 4.98 Å². The zero-order valence-corrected chi connectivity index (χ0v) is 29.9. The van der Waals surface area contributed by atoms with Crippen molar-refractivity contribution < 1.29 is 0 Å². The largest absolute Gasteiger partial charge is 0.256 e. The van der Waals surface area contributed by atoms with Crippen LogP contribution in [0.2, 0.25) is 0 Å². The Hall–Kier alpha value is -7.23. The van der Waals surface area contributed by atoms with Gasteiger partial charge < -0.3 is 0 Å². The van der Waals surface area contributed by atoms with Crippen molar-refractivity contribution >= 4 is 0 Å². The van der Waals surface area contributed by atoms with Crippen LogP contribution in [0.4, 0.5) is 0 Å². The minimum atomic E-state index is -0.386. The van der Waals surface area contributed by atoms with E-state index in [2.05, 4.69) is 175 Å². The molecule has 0 atom stereocenters. The number of fused-ring (bicyclic) bond motifs is 10. The molecule has 256 valence electrons. The first-order chi connectivity index (χ1) is 27.3. The van der Waals surface area contributed by atoms with Crippen molar-refractivity contribution in [1.29, 1.82) is 0 Å². The van der Waals surface area contributed by atoms with E-state index in [0.29, 0.717) is 5.82 Å². The first kappa shape index (κ1) is 31.3. The van der Waals surface area contributed by atoms with Gasteiger partial charge in [0.2, 0.25) is 0 Å². The monoisotopic (exact) mass is 699 g/mol. The van der Waals surface area contributed by atoms with Crippen molar-refractivity contribution in [3.63, 3.8) is 0 Å². The summed E-state index contributed by atoms with van der Waals surface area (Å²) >= 11 is 0. The lowest BCUT2D eigenvalue weighted by Gasteiger charge is -2.30. The van der Waals surface area contributed by atoms with Crippen molar-refractivity contribution in [2.24, 2.45) is 0 Å². The van der Waals surface area contributed by atoms with Crippen LogP contribution in [0.5, 0.6) is 0 Å². The minimum Gasteiger partial charge on any atom is -0.256 e. The predicted octanol–water partition coefficient (Wildman–Crippen LogP) is 12.6. The number of rotatable bonds is 5. The van der Waals surface area contributed by atoms with E-state index in [9.17, 15) is 0 Å². The van der Waals surface area contributed by atoms with Crippen LogP contribution in [0.15, 0.2) is 200 Å². The lowest BCUT2D eigenvalue weighted by atomic mass is 9.70. The fraction of sp³-hybridized carbons (Fsp3) is 0.0192. The summed E-state index contributed by atoms with van der Waals surface area (Å²) in [5.74, 6) is 0.676. The molecular formula is C52H33N3. The highest BCUT2D eigenvalue weighted by atomic mass is 14.9. The molecule has 3 nitrogen and oxygen atoms in total. The van der Waals surface area contributed by atoms with Crippen LogP contribution >= 0.6 is 0 Å². The molecule has 0 saturated heterocycles. The Morgan fingerprint density at radius 3 is 1.44 bits per heavy atom. The maximum absolute atomic E-state index is 5.23. The van der Waals surface area contributed by atoms with E-state index in [1.807, 2.05) is 30.5 Å². The Kier molecular flexibility index (Phi) is 7.08. The van der Waals surface area contributed by atoms with E-state index in [4.69, 9.17) is 9.97 Å². The second-order valence-corrected chi connectivity index (χ2v) is 14.4. The summed E-state index contributed by atoms with van der Waals surface area (Å²) in [6.07, 6.45) is 1.82. The summed E-state index contributed by atoms with van der Waals surface area (Å²) in [4.78, 5) is 14.9. The molecule has 2 aliphatic rings. The molecule has 0 bridgehead atoms. The maximum atomic E-state index is 5.23. The van der Waals surface area contributed by atoms with Gasteiger partial charge in [-0.2, -0.15) is 0 Å². The number of benzene rings is 7. The van der Waals surface area contributed by atoms with Gasteiger partial charge in [-0.05, 0) is 92.0 Å². The highest BCUT2D eigenvalue weighted by molar-refractivity contribution is 5.96. The lowest BCUT2D eigenvalue weighted by molar-refractivity contribution is 0.794. The zero-order valence-electron chi connectivity index (χ0n) is 29.9. The fourth-order valence-electron chi connectivity index (χ4n) is 8.96. The molecule has 2 aliphatic carbocycles. The molecule has 0 aliphatic heterocycles. The molecule has 3 heteroatoms. The van der Waals surface area contributed by atoms with Gasteiger partial charge >= 0.3 is 0 Å². The van der Waals surface area contributed by atoms with E-state index in [1.54, 1.807) is 0 Å². The second-order valence-electron chi connectivity index (χ2n) is 14.4. The third kappa shape index (κ3) is 4.87. The van der Waals surface area contributed by atoms with E-state index < -0.39 is 0 Å². The third-order valence-electron chi connectivity index (χ3n) is 11.4. The smallest absolute Gasteiger partial charge is 0.160 e. The standard InChI is InChI=1S/C52H33N3/c1-2-14-34(15-3-1)49-33-50(55-51(54-49)39-19-13-17-37(31-39)48-26-10-11-29-53-48)38-18-12-16-35(30-38)36-27-28-43-42-22-6-9-25-46(42)52(47(43)32-36)44-23-7-4-20-40(44)41-21-5-8-24-45(41)52/h1-33H. The quantitative estimate of drug-likeness (QED) is 0.179. The number of hydrogen-bond donors (Lipinski definition) is 0. The van der Waals surface area contributed by atoms with Gasteiger partial charge in [0.25, 0.3) is 0 Å². The first-order valence-corrected chi connectivity index (χ1v) is 18.8. The average molecular weight is 700 g/mol. The van der Waals surface area contributed by atoms with Crippen molar-refractivity contribution in [1.82, 2.24) is 15.0 Å². The zero-order chi connectivity index (χ0) is 36.3. The molecule has 0 amide bonds. The van der Waals surface area contributed by atoms with E-state index in [0.717, 1.165) is 44.9 Å². The Balaban J connectivity index is 1.06. The average Bonchev–Trinajstić information content (AvgIpc) is 3.74. The van der Waals surface area contributed by atoms with Crippen LogP contribution in [0, 0.1) is 0 Å². The molecule has 55 heavy (non-hydrogen) atoms. The van der Waals surface area contributed by atoms with Gasteiger partial charge in [-0.15, -0.1) is 0 Å². The fourth-order valence-corrected chi connectivity index (χ4v) is 8.96. The van der Waals surface area contributed by atoms with Crippen LogP contribution in [-0.4, -0.2) is 15.0 Å². The second kappa shape index (κ2) is 12.4. The van der Waals surface area contributed by atoms with Crippen LogP contribution in [0.25, 0.3) is 78.5 Å². The molecule has 0 radical (unpaired) electrons. The van der Waals surface area contributed by atoms with Crippen LogP contribution in [-0.2, 0) is 5.41 Å². The highest BCUT2D eigenvalue weighted by Crippen LogP contribution is 2.63. The molecule has 2 heterocycles. The lowest BCUT2D eigenvalue weighted by Crippen LogP contribution is -2.25. The van der Waals surface area contributed by atoms with Gasteiger partial charge in [0.1, 0.15) is 0 Å². The number of hydrogen-bond acceptors (Lipinski definition) is 3. The van der Waals surface area contributed by atoms with Crippen molar-refractivity contribution in [3.05, 3.63) is 223 Å². The summed E-state index contributed by atoms with van der Waals surface area (Å²) in [5.41, 5.74) is 19.3. The van der Waals surface area contributed by atoms with Gasteiger partial charge in [-0.1, -0.05) is 158 Å². The van der Waals surface area contributed by atoms with Gasteiger partial charge in [0.05, 0.1) is 22.5 Å². The van der Waals surface area contributed by atoms with E-state index in [-0.39, 0.29) is 5.41 Å². The Bertz CT molecular complexity index is 2870. The molecule has 0 N–H and O–H groups in total. The summed E-state index contributed by atoms with van der Waals surface area (Å²) in [7, 11) is 0. The van der Waals surface area contributed by atoms with Crippen molar-refractivity contribution in [3.8, 4) is 78.5 Å². The van der Waals surface area contributed by atoms with E-state index in [1.165, 1.54) is 50.1 Å². The third-order valence-corrected chi connectivity index (χ3v) is 11.4. The highest BCUT2D eigenvalue weighted by Gasteiger charge is 2.51. The first-order valence-electron chi connectivity index (χ1n) is 18.8. The molecule has 0 unspecified atom stereocenters. The predicted molar refractivity (Wildman–Crippen MR) is 223 cm³/mol. The van der Waals surface area contributed by atoms with E-state index >= 15 is 0 Å². The topological polar surface area (TPSA) is 38.7 Å². The SMILES string of the molecule is c1ccc(-c2cc(-c3cccc(-c4ccc5c(c4)C4(c6ccccc6-c6ccccc64)c4ccccc4-5)c3)nc(-c3cccc(-c4ccccn4)c3)n2)cc1. The Morgan fingerprint density at radius 1 is 0.291 bits per heavy atom. The van der Waals surface area contributed by atoms with Crippen LogP contribution in [0.3, 0.4) is 0 Å². The summed E-state index contributed by atoms with van der Waals surface area (Å²) in [5, 5.41) is 0. The Morgan fingerprint density at radius 2 is 0.782 bits per heavy atom. The van der Waals surface area contributed by atoms with Gasteiger partial charge in [0, 0.05) is 28.5 Å².